The van der Waals surface area contributed by atoms with Crippen LogP contribution in [0.3, 0.4) is 0 Å². The Balaban J connectivity index is 1.49. The number of carbonyl (C=O) groups excluding carboxylic acids is 1. The van der Waals surface area contributed by atoms with Crippen LogP contribution in [0.25, 0.3) is 0 Å². The molecule has 1 saturated carbocycles. The maximum Gasteiger partial charge on any atom is 0.407 e. The van der Waals surface area contributed by atoms with Gasteiger partial charge in [-0.2, -0.15) is 4.31 Å². The molecule has 0 spiro atoms. The number of benzene rings is 2. The van der Waals surface area contributed by atoms with Crippen LogP contribution in [0.15, 0.2) is 59.5 Å². The lowest BCUT2D eigenvalue weighted by atomic mass is 9.86. The lowest BCUT2D eigenvalue weighted by Crippen LogP contribution is -2.41. The summed E-state index contributed by atoms with van der Waals surface area (Å²) in [7, 11) is -2.52. The fourth-order valence-corrected chi connectivity index (χ4v) is 5.46. The van der Waals surface area contributed by atoms with Crippen LogP contribution in [0.5, 0.6) is 0 Å². The van der Waals surface area contributed by atoms with Crippen molar-refractivity contribution in [1.82, 2.24) is 9.62 Å². The van der Waals surface area contributed by atoms with Gasteiger partial charge in [-0.15, -0.1) is 0 Å². The maximum absolute atomic E-state index is 13.0. The Kier molecular flexibility index (Phi) is 7.81. The van der Waals surface area contributed by atoms with Crippen LogP contribution < -0.4 is 5.32 Å². The third kappa shape index (κ3) is 5.83. The summed E-state index contributed by atoms with van der Waals surface area (Å²) in [4.78, 5) is 22.2. The highest BCUT2D eigenvalue weighted by Gasteiger charge is 2.35. The van der Waals surface area contributed by atoms with Crippen molar-refractivity contribution in [2.24, 2.45) is 5.92 Å². The van der Waals surface area contributed by atoms with Gasteiger partial charge in [0, 0.05) is 25.7 Å². The maximum atomic E-state index is 13.0. The van der Waals surface area contributed by atoms with E-state index in [0.717, 1.165) is 18.4 Å². The van der Waals surface area contributed by atoms with Crippen LogP contribution in [0.1, 0.15) is 31.2 Å². The smallest absolute Gasteiger partial charge is 0.407 e. The Morgan fingerprint density at radius 1 is 1.09 bits per heavy atom. The average Bonchev–Trinajstić information content (AvgIpc) is 2.82. The molecule has 1 aliphatic rings. The van der Waals surface area contributed by atoms with Crippen molar-refractivity contribution < 1.29 is 22.9 Å². The molecule has 10 heteroatoms. The molecule has 0 atom stereocenters. The summed E-state index contributed by atoms with van der Waals surface area (Å²) >= 11 is 0. The van der Waals surface area contributed by atoms with Crippen LogP contribution in [0.2, 0.25) is 0 Å². The molecule has 1 N–H and O–H groups in total. The van der Waals surface area contributed by atoms with E-state index in [1.54, 1.807) is 0 Å². The molecule has 0 bridgehead atoms. The van der Waals surface area contributed by atoms with E-state index in [4.69, 9.17) is 4.74 Å². The number of hydrogen-bond acceptors (Lipinski definition) is 6. The minimum absolute atomic E-state index is 0.202. The molecule has 172 valence electrons. The Labute approximate surface area is 187 Å². The summed E-state index contributed by atoms with van der Waals surface area (Å²) in [5.74, 6) is 0.220. The molecule has 0 radical (unpaired) electrons. The van der Waals surface area contributed by atoms with E-state index in [9.17, 15) is 23.3 Å². The second-order valence-corrected chi connectivity index (χ2v) is 9.83. The Hall–Kier alpha value is -2.98. The van der Waals surface area contributed by atoms with Crippen molar-refractivity contribution in [3.8, 4) is 0 Å². The van der Waals surface area contributed by atoms with Gasteiger partial charge in [-0.25, -0.2) is 13.2 Å². The predicted molar refractivity (Wildman–Crippen MR) is 118 cm³/mol. The molecule has 32 heavy (non-hydrogen) atoms. The first-order valence-corrected chi connectivity index (χ1v) is 11.9. The van der Waals surface area contributed by atoms with Gasteiger partial charge in [0.15, 0.2) is 4.90 Å². The highest BCUT2D eigenvalue weighted by molar-refractivity contribution is 7.89. The van der Waals surface area contributed by atoms with E-state index in [-0.39, 0.29) is 23.5 Å². The lowest BCUT2D eigenvalue weighted by Gasteiger charge is -2.33. The van der Waals surface area contributed by atoms with Crippen LogP contribution in [-0.4, -0.2) is 43.4 Å². The number of nitrogens with zero attached hydrogens (tertiary/aromatic N) is 2. The molecule has 9 nitrogen and oxygen atoms in total. The van der Waals surface area contributed by atoms with Crippen LogP contribution >= 0.6 is 0 Å². The zero-order valence-electron chi connectivity index (χ0n) is 17.8. The zero-order valence-corrected chi connectivity index (χ0v) is 18.7. The third-order valence-corrected chi connectivity index (χ3v) is 7.75. The van der Waals surface area contributed by atoms with Gasteiger partial charge in [0.25, 0.3) is 5.69 Å². The molecule has 0 aromatic heterocycles. The molecule has 0 saturated heterocycles. The van der Waals surface area contributed by atoms with Gasteiger partial charge in [-0.05, 0) is 43.2 Å². The molecule has 2 aromatic rings. The van der Waals surface area contributed by atoms with Gasteiger partial charge >= 0.3 is 6.09 Å². The van der Waals surface area contributed by atoms with Gasteiger partial charge in [-0.1, -0.05) is 42.5 Å². The number of ether oxygens (including phenoxy) is 1. The molecule has 3 rings (SSSR count). The fourth-order valence-electron chi connectivity index (χ4n) is 3.89. The number of nitro groups is 1. The SMILES string of the molecule is CN(C1CCC(CNC(=O)OCc2ccccc2)CC1)S(=O)(=O)c1ccccc1[N+](=O)[O-]. The van der Waals surface area contributed by atoms with E-state index >= 15 is 0 Å². The number of rotatable bonds is 8. The molecule has 2 aromatic carbocycles. The predicted octanol–water partition coefficient (Wildman–Crippen LogP) is 3.70. The van der Waals surface area contributed by atoms with E-state index in [1.165, 1.54) is 35.6 Å². The number of nitrogens with one attached hydrogen (secondary N) is 1. The van der Waals surface area contributed by atoms with Gasteiger partial charge in [0.1, 0.15) is 6.61 Å². The van der Waals surface area contributed by atoms with Crippen molar-refractivity contribution in [1.29, 1.82) is 0 Å². The number of amides is 1. The molecule has 1 fully saturated rings. The summed E-state index contributed by atoms with van der Waals surface area (Å²) in [5.41, 5.74) is 0.484. The minimum atomic E-state index is -3.99. The fraction of sp³-hybridized carbons (Fsp3) is 0.409. The molecule has 1 aliphatic carbocycles. The summed E-state index contributed by atoms with van der Waals surface area (Å²) in [6, 6.07) is 14.5. The van der Waals surface area contributed by atoms with E-state index in [1.807, 2.05) is 30.3 Å². The van der Waals surface area contributed by atoms with Gasteiger partial charge in [-0.3, -0.25) is 10.1 Å². The van der Waals surface area contributed by atoms with Crippen LogP contribution in [0.4, 0.5) is 10.5 Å². The number of nitro benzene ring substituents is 1. The number of carbonyl (C=O) groups is 1. The summed E-state index contributed by atoms with van der Waals surface area (Å²) in [6.45, 7) is 0.661. The van der Waals surface area contributed by atoms with Crippen molar-refractivity contribution in [2.45, 2.75) is 43.2 Å². The Morgan fingerprint density at radius 3 is 2.38 bits per heavy atom. The monoisotopic (exact) mass is 461 g/mol. The quantitative estimate of drug-likeness (QED) is 0.473. The number of alkyl carbamates (subject to hydrolysis) is 1. The van der Waals surface area contributed by atoms with Crippen molar-refractivity contribution >= 4 is 21.8 Å². The van der Waals surface area contributed by atoms with Gasteiger partial charge < -0.3 is 10.1 Å². The first kappa shape index (κ1) is 23.7. The largest absolute Gasteiger partial charge is 0.445 e. The Morgan fingerprint density at radius 2 is 1.72 bits per heavy atom. The van der Waals surface area contributed by atoms with Crippen molar-refractivity contribution in [2.75, 3.05) is 13.6 Å². The first-order valence-electron chi connectivity index (χ1n) is 10.4. The molecule has 0 heterocycles. The molecule has 1 amide bonds. The summed E-state index contributed by atoms with van der Waals surface area (Å²) in [5, 5.41) is 14.0. The molecular formula is C22H27N3O6S. The second kappa shape index (κ2) is 10.6. The van der Waals surface area contributed by atoms with E-state index < -0.39 is 26.7 Å². The molecular weight excluding hydrogens is 434 g/mol. The highest BCUT2D eigenvalue weighted by Crippen LogP contribution is 2.32. The van der Waals surface area contributed by atoms with Gasteiger partial charge in [0.2, 0.25) is 10.0 Å². The molecule has 0 unspecified atom stereocenters. The average molecular weight is 462 g/mol. The topological polar surface area (TPSA) is 119 Å². The van der Waals surface area contributed by atoms with Crippen LogP contribution in [0, 0.1) is 16.0 Å². The number of sulfonamides is 1. The summed E-state index contributed by atoms with van der Waals surface area (Å²) < 4.78 is 32.4. The number of para-hydroxylation sites is 1. The molecule has 0 aliphatic heterocycles. The van der Waals surface area contributed by atoms with Gasteiger partial charge in [0.05, 0.1) is 4.92 Å². The second-order valence-electron chi connectivity index (χ2n) is 7.86. The lowest BCUT2D eigenvalue weighted by molar-refractivity contribution is -0.387. The third-order valence-electron chi connectivity index (χ3n) is 5.80. The number of hydrogen-bond donors (Lipinski definition) is 1. The van der Waals surface area contributed by atoms with E-state index in [0.29, 0.717) is 19.4 Å². The minimum Gasteiger partial charge on any atom is -0.445 e. The standard InChI is InChI=1S/C22H27N3O6S/c1-24(32(29,30)21-10-6-5-9-20(21)25(27)28)19-13-11-17(12-14-19)15-23-22(26)31-16-18-7-3-2-4-8-18/h2-10,17,19H,11-16H2,1H3,(H,23,26). The highest BCUT2D eigenvalue weighted by atomic mass is 32.2. The Bertz CT molecular complexity index is 1040. The van der Waals surface area contributed by atoms with E-state index in [2.05, 4.69) is 5.32 Å². The van der Waals surface area contributed by atoms with Crippen LogP contribution in [-0.2, 0) is 21.4 Å². The van der Waals surface area contributed by atoms with Crippen molar-refractivity contribution in [3.05, 3.63) is 70.3 Å². The first-order chi connectivity index (χ1) is 15.3. The summed E-state index contributed by atoms with van der Waals surface area (Å²) in [6.07, 6.45) is 2.22. The normalized spacial score (nSPS) is 18.8. The zero-order chi connectivity index (χ0) is 23.1. The van der Waals surface area contributed by atoms with Crippen molar-refractivity contribution in [3.63, 3.8) is 0 Å².